The normalized spacial score (nSPS) is 13.4. The van der Waals surface area contributed by atoms with Gasteiger partial charge in [-0.15, -0.1) is 0 Å². The summed E-state index contributed by atoms with van der Waals surface area (Å²) in [4.78, 5) is 0. The fraction of sp³-hybridized carbons (Fsp3) is 0.625. The molecule has 0 aliphatic carbocycles. The molecule has 0 heterocycles. The van der Waals surface area contributed by atoms with Gasteiger partial charge in [-0.3, -0.25) is 0 Å². The molecule has 0 bridgehead atoms. The number of hydrogen-bond acceptors (Lipinski definition) is 2. The van der Waals surface area contributed by atoms with E-state index in [4.69, 9.17) is 16.3 Å². The highest BCUT2D eigenvalue weighted by Gasteiger charge is 2.10. The molecule has 0 fully saturated rings. The van der Waals surface area contributed by atoms with E-state index < -0.39 is 0 Å². The van der Waals surface area contributed by atoms with Gasteiger partial charge in [-0.1, -0.05) is 11.6 Å². The van der Waals surface area contributed by atoms with Gasteiger partial charge in [-0.2, -0.15) is 0 Å². The van der Waals surface area contributed by atoms with Crippen LogP contribution in [0.1, 0.15) is 46.1 Å². The first-order chi connectivity index (χ1) is 8.78. The van der Waals surface area contributed by atoms with Crippen LogP contribution in [0.25, 0.3) is 0 Å². The third-order valence-electron chi connectivity index (χ3n) is 2.91. The molecule has 0 aromatic heterocycles. The first-order valence-electron chi connectivity index (χ1n) is 6.96. The SMILES string of the molecule is Cc1cc(Cl)ccc1OC(C)CCCNC(C)(C)C. The summed E-state index contributed by atoms with van der Waals surface area (Å²) >= 11 is 5.93. The summed E-state index contributed by atoms with van der Waals surface area (Å²) in [6.07, 6.45) is 2.39. The second-order valence-corrected chi connectivity index (χ2v) is 6.59. The lowest BCUT2D eigenvalue weighted by atomic mass is 10.1. The van der Waals surface area contributed by atoms with Crippen LogP contribution < -0.4 is 10.1 Å². The van der Waals surface area contributed by atoms with Gasteiger partial charge in [0.05, 0.1) is 6.10 Å². The van der Waals surface area contributed by atoms with Crippen LogP contribution in [0.3, 0.4) is 0 Å². The van der Waals surface area contributed by atoms with E-state index in [-0.39, 0.29) is 11.6 Å². The molecule has 0 radical (unpaired) electrons. The molecule has 2 nitrogen and oxygen atoms in total. The van der Waals surface area contributed by atoms with E-state index in [2.05, 4.69) is 33.0 Å². The number of rotatable bonds is 6. The van der Waals surface area contributed by atoms with Crippen molar-refractivity contribution in [1.82, 2.24) is 5.32 Å². The van der Waals surface area contributed by atoms with E-state index in [0.717, 1.165) is 35.7 Å². The van der Waals surface area contributed by atoms with Gasteiger partial charge in [0.2, 0.25) is 0 Å². The number of hydrogen-bond donors (Lipinski definition) is 1. The van der Waals surface area contributed by atoms with Crippen molar-refractivity contribution < 1.29 is 4.74 Å². The maximum absolute atomic E-state index is 5.95. The van der Waals surface area contributed by atoms with Crippen LogP contribution in [0.4, 0.5) is 0 Å². The Hall–Kier alpha value is -0.730. The third-order valence-corrected chi connectivity index (χ3v) is 3.14. The average molecular weight is 284 g/mol. The molecule has 3 heteroatoms. The smallest absolute Gasteiger partial charge is 0.122 e. The van der Waals surface area contributed by atoms with Crippen molar-refractivity contribution in [3.05, 3.63) is 28.8 Å². The van der Waals surface area contributed by atoms with Gasteiger partial charge >= 0.3 is 0 Å². The molecular formula is C16H26ClNO. The quantitative estimate of drug-likeness (QED) is 0.772. The van der Waals surface area contributed by atoms with Crippen LogP contribution in [0.15, 0.2) is 18.2 Å². The summed E-state index contributed by atoms with van der Waals surface area (Å²) in [7, 11) is 0. The van der Waals surface area contributed by atoms with Crippen molar-refractivity contribution in [2.75, 3.05) is 6.54 Å². The Morgan fingerprint density at radius 2 is 2.00 bits per heavy atom. The predicted molar refractivity (Wildman–Crippen MR) is 83.3 cm³/mol. The van der Waals surface area contributed by atoms with Crippen LogP contribution in [-0.4, -0.2) is 18.2 Å². The van der Waals surface area contributed by atoms with Crippen LogP contribution in [0, 0.1) is 6.92 Å². The summed E-state index contributed by atoms with van der Waals surface area (Å²) < 4.78 is 5.95. The fourth-order valence-corrected chi connectivity index (χ4v) is 2.10. The van der Waals surface area contributed by atoms with E-state index in [1.165, 1.54) is 0 Å². The molecule has 1 atom stereocenters. The van der Waals surface area contributed by atoms with Gasteiger partial charge in [-0.25, -0.2) is 0 Å². The first kappa shape index (κ1) is 16.3. The molecule has 1 aromatic carbocycles. The molecule has 0 spiro atoms. The van der Waals surface area contributed by atoms with E-state index >= 15 is 0 Å². The molecule has 0 aliphatic heterocycles. The first-order valence-corrected chi connectivity index (χ1v) is 7.33. The fourth-order valence-electron chi connectivity index (χ4n) is 1.87. The lowest BCUT2D eigenvalue weighted by Gasteiger charge is -2.21. The maximum Gasteiger partial charge on any atom is 0.122 e. The Balaban J connectivity index is 2.33. The summed E-state index contributed by atoms with van der Waals surface area (Å²) in [6.45, 7) is 11.7. The molecule has 0 amide bonds. The molecule has 19 heavy (non-hydrogen) atoms. The Bertz CT molecular complexity index is 398. The van der Waals surface area contributed by atoms with Gasteiger partial charge < -0.3 is 10.1 Å². The molecule has 0 aliphatic rings. The van der Waals surface area contributed by atoms with Gasteiger partial charge in [0, 0.05) is 10.6 Å². The van der Waals surface area contributed by atoms with E-state index in [1.54, 1.807) is 0 Å². The van der Waals surface area contributed by atoms with E-state index in [0.29, 0.717) is 0 Å². The van der Waals surface area contributed by atoms with Gasteiger partial charge in [0.25, 0.3) is 0 Å². The number of halogens is 1. The zero-order valence-electron chi connectivity index (χ0n) is 12.7. The maximum atomic E-state index is 5.95. The second kappa shape index (κ2) is 7.16. The number of benzene rings is 1. The lowest BCUT2D eigenvalue weighted by Crippen LogP contribution is -2.36. The average Bonchev–Trinajstić information content (AvgIpc) is 2.27. The zero-order chi connectivity index (χ0) is 14.5. The van der Waals surface area contributed by atoms with Crippen LogP contribution >= 0.6 is 11.6 Å². The highest BCUT2D eigenvalue weighted by atomic mass is 35.5. The number of aryl methyl sites for hydroxylation is 1. The standard InChI is InChI=1S/C16H26ClNO/c1-12-11-14(17)8-9-15(12)19-13(2)7-6-10-18-16(3,4)5/h8-9,11,13,18H,6-7,10H2,1-5H3. The monoisotopic (exact) mass is 283 g/mol. The minimum atomic E-state index is 0.191. The molecule has 108 valence electrons. The minimum absolute atomic E-state index is 0.191. The van der Waals surface area contributed by atoms with Crippen molar-refractivity contribution in [2.24, 2.45) is 0 Å². The zero-order valence-corrected chi connectivity index (χ0v) is 13.5. The van der Waals surface area contributed by atoms with Crippen LogP contribution in [0.5, 0.6) is 5.75 Å². The van der Waals surface area contributed by atoms with Crippen molar-refractivity contribution in [2.45, 2.75) is 59.1 Å². The van der Waals surface area contributed by atoms with E-state index in [9.17, 15) is 0 Å². The summed E-state index contributed by atoms with van der Waals surface area (Å²) in [5, 5.41) is 4.24. The molecule has 1 aromatic rings. The third kappa shape index (κ3) is 6.84. The Morgan fingerprint density at radius 1 is 1.32 bits per heavy atom. The highest BCUT2D eigenvalue weighted by molar-refractivity contribution is 6.30. The molecule has 1 rings (SSSR count). The summed E-state index contributed by atoms with van der Waals surface area (Å²) in [5.74, 6) is 0.931. The topological polar surface area (TPSA) is 21.3 Å². The van der Waals surface area contributed by atoms with Gasteiger partial charge in [-0.05, 0) is 77.8 Å². The summed E-state index contributed by atoms with van der Waals surface area (Å²) in [5.41, 5.74) is 1.28. The molecule has 0 saturated carbocycles. The van der Waals surface area contributed by atoms with E-state index in [1.807, 2.05) is 25.1 Å². The van der Waals surface area contributed by atoms with Gasteiger partial charge in [0.15, 0.2) is 0 Å². The number of ether oxygens (including phenoxy) is 1. The molecular weight excluding hydrogens is 258 g/mol. The number of nitrogens with one attached hydrogen (secondary N) is 1. The molecule has 1 N–H and O–H groups in total. The van der Waals surface area contributed by atoms with Crippen molar-refractivity contribution >= 4 is 11.6 Å². The Kier molecular flexibility index (Phi) is 6.15. The van der Waals surface area contributed by atoms with Crippen molar-refractivity contribution in [1.29, 1.82) is 0 Å². The second-order valence-electron chi connectivity index (χ2n) is 6.16. The van der Waals surface area contributed by atoms with Crippen LogP contribution in [0.2, 0.25) is 5.02 Å². The highest BCUT2D eigenvalue weighted by Crippen LogP contribution is 2.23. The Morgan fingerprint density at radius 3 is 2.58 bits per heavy atom. The Labute approximate surface area is 122 Å². The largest absolute Gasteiger partial charge is 0.490 e. The van der Waals surface area contributed by atoms with Crippen molar-refractivity contribution in [3.63, 3.8) is 0 Å². The minimum Gasteiger partial charge on any atom is -0.490 e. The lowest BCUT2D eigenvalue weighted by molar-refractivity contribution is 0.204. The van der Waals surface area contributed by atoms with Gasteiger partial charge in [0.1, 0.15) is 5.75 Å². The summed E-state index contributed by atoms with van der Waals surface area (Å²) in [6, 6.07) is 5.75. The predicted octanol–water partition coefficient (Wildman–Crippen LogP) is 4.58. The van der Waals surface area contributed by atoms with Crippen LogP contribution in [-0.2, 0) is 0 Å². The van der Waals surface area contributed by atoms with Crippen molar-refractivity contribution in [3.8, 4) is 5.75 Å². The molecule has 1 unspecified atom stereocenters. The molecule has 0 saturated heterocycles.